The second-order valence-corrected chi connectivity index (χ2v) is 10.2. The molecular formula is C26H48N10O11. The van der Waals surface area contributed by atoms with Gasteiger partial charge in [0.05, 0.1) is 66.1 Å². The lowest BCUT2D eigenvalue weighted by Crippen LogP contribution is -2.49. The highest BCUT2D eigenvalue weighted by Crippen LogP contribution is 2.06. The first kappa shape index (κ1) is 43.1. The van der Waals surface area contributed by atoms with Crippen molar-refractivity contribution in [3.8, 4) is 0 Å². The van der Waals surface area contributed by atoms with E-state index in [0.717, 1.165) is 0 Å². The third-order valence-corrected chi connectivity index (χ3v) is 5.09. The molecule has 0 aromatic heterocycles. The topological polar surface area (TPSA) is 279 Å². The smallest absolute Gasteiger partial charge is 0.431 e. The van der Waals surface area contributed by atoms with E-state index in [2.05, 4.69) is 41.5 Å². The largest absolute Gasteiger partial charge is 0.442 e. The molecule has 0 aliphatic rings. The number of hydroxylamine groups is 1. The summed E-state index contributed by atoms with van der Waals surface area (Å²) >= 11 is 0. The Balaban J connectivity index is 4.50. The number of rotatable bonds is 29. The highest BCUT2D eigenvalue weighted by molar-refractivity contribution is 5.88. The summed E-state index contributed by atoms with van der Waals surface area (Å²) in [5.41, 5.74) is 17.8. The number of hydrogen-bond donors (Lipinski definition) is 4. The minimum absolute atomic E-state index is 0.00603. The van der Waals surface area contributed by atoms with Gasteiger partial charge >= 0.3 is 6.09 Å². The summed E-state index contributed by atoms with van der Waals surface area (Å²) in [7, 11) is 0. The molecule has 4 amide bonds. The van der Waals surface area contributed by atoms with Crippen LogP contribution in [0.15, 0.2) is 10.2 Å². The van der Waals surface area contributed by atoms with Crippen LogP contribution in [0.3, 0.4) is 0 Å². The first-order valence-corrected chi connectivity index (χ1v) is 14.9. The van der Waals surface area contributed by atoms with Gasteiger partial charge in [-0.25, -0.2) is 4.79 Å². The first-order valence-electron chi connectivity index (χ1n) is 14.9. The van der Waals surface area contributed by atoms with Crippen LogP contribution in [0.5, 0.6) is 0 Å². The number of azide groups is 2. The van der Waals surface area contributed by atoms with E-state index < -0.39 is 36.2 Å². The van der Waals surface area contributed by atoms with Crippen LogP contribution >= 0.6 is 0 Å². The van der Waals surface area contributed by atoms with Gasteiger partial charge in [-0.05, 0) is 38.3 Å². The van der Waals surface area contributed by atoms with E-state index in [1.54, 1.807) is 20.8 Å². The van der Waals surface area contributed by atoms with Gasteiger partial charge in [0.1, 0.15) is 18.2 Å². The molecule has 0 fully saturated rings. The van der Waals surface area contributed by atoms with Crippen molar-refractivity contribution in [2.45, 2.75) is 45.3 Å². The maximum atomic E-state index is 12.8. The Morgan fingerprint density at radius 1 is 0.702 bits per heavy atom. The van der Waals surface area contributed by atoms with Gasteiger partial charge < -0.3 is 44.4 Å². The van der Waals surface area contributed by atoms with E-state index in [1.807, 2.05) is 0 Å². The number of ether oxygens (including phenoxy) is 6. The maximum absolute atomic E-state index is 12.8. The van der Waals surface area contributed by atoms with Crippen molar-refractivity contribution < 1.29 is 52.4 Å². The van der Waals surface area contributed by atoms with Crippen LogP contribution < -0.4 is 21.4 Å². The van der Waals surface area contributed by atoms with E-state index >= 15 is 0 Å². The number of nitrogens with one attached hydrogen (secondary N) is 4. The summed E-state index contributed by atoms with van der Waals surface area (Å²) in [5.74, 6) is -1.47. The lowest BCUT2D eigenvalue weighted by atomic mass is 10.1. The zero-order chi connectivity index (χ0) is 35.0. The number of amides is 4. The zero-order valence-corrected chi connectivity index (χ0v) is 27.3. The van der Waals surface area contributed by atoms with Crippen molar-refractivity contribution in [2.24, 2.45) is 10.2 Å². The van der Waals surface area contributed by atoms with Gasteiger partial charge in [-0.2, -0.15) is 5.48 Å². The number of carbonyl (C=O) groups is 4. The SMILES string of the molecule is CC(C)(C)OC(=O)NOCCOCC(=O)N[C@@H](CCC(=O)NCCOCCOCCN=[N+]=[N-])C(=O)NCCOCCOCCN=[N+]=[N-]. The summed E-state index contributed by atoms with van der Waals surface area (Å²) in [6.45, 7) is 7.51. The first-order chi connectivity index (χ1) is 22.6. The monoisotopic (exact) mass is 676 g/mol. The van der Waals surface area contributed by atoms with E-state index in [9.17, 15) is 19.2 Å². The van der Waals surface area contributed by atoms with Gasteiger partial charge in [0.2, 0.25) is 17.7 Å². The highest BCUT2D eigenvalue weighted by atomic mass is 16.7. The predicted molar refractivity (Wildman–Crippen MR) is 165 cm³/mol. The molecule has 0 saturated carbocycles. The van der Waals surface area contributed by atoms with Crippen LogP contribution in [-0.2, 0) is 47.6 Å². The van der Waals surface area contributed by atoms with Crippen LogP contribution in [0.25, 0.3) is 20.9 Å². The fraction of sp³-hybridized carbons (Fsp3) is 0.846. The normalized spacial score (nSPS) is 11.4. The molecule has 268 valence electrons. The molecule has 1 atom stereocenters. The van der Waals surface area contributed by atoms with Gasteiger partial charge in [-0.3, -0.25) is 19.2 Å². The predicted octanol–water partition coefficient (Wildman–Crippen LogP) is 0.644. The summed E-state index contributed by atoms with van der Waals surface area (Å²) < 4.78 is 31.4. The molecule has 4 N–H and O–H groups in total. The van der Waals surface area contributed by atoms with Crippen molar-refractivity contribution in [2.75, 3.05) is 98.9 Å². The lowest BCUT2D eigenvalue weighted by Gasteiger charge is -2.19. The molecule has 47 heavy (non-hydrogen) atoms. The molecule has 0 unspecified atom stereocenters. The fourth-order valence-corrected chi connectivity index (χ4v) is 3.12. The Morgan fingerprint density at radius 2 is 1.23 bits per heavy atom. The quantitative estimate of drug-likeness (QED) is 0.0280. The minimum atomic E-state index is -1.04. The molecule has 0 aliphatic carbocycles. The summed E-state index contributed by atoms with van der Waals surface area (Å²) in [6, 6.07) is -1.04. The van der Waals surface area contributed by atoms with Crippen LogP contribution in [0.1, 0.15) is 33.6 Å². The Kier molecular flexibility index (Phi) is 27.0. The molecule has 0 radical (unpaired) electrons. The molecule has 21 nitrogen and oxygen atoms in total. The number of nitrogens with zero attached hydrogens (tertiary/aromatic N) is 6. The minimum Gasteiger partial charge on any atom is -0.442 e. The molecule has 21 heteroatoms. The van der Waals surface area contributed by atoms with Crippen molar-refractivity contribution in [1.29, 1.82) is 0 Å². The summed E-state index contributed by atoms with van der Waals surface area (Å²) in [5, 5.41) is 14.6. The van der Waals surface area contributed by atoms with Crippen molar-refractivity contribution >= 4 is 23.8 Å². The third kappa shape index (κ3) is 30.5. The lowest BCUT2D eigenvalue weighted by molar-refractivity contribution is -0.132. The molecule has 0 aliphatic heterocycles. The third-order valence-electron chi connectivity index (χ3n) is 5.09. The summed E-state index contributed by atoms with van der Waals surface area (Å²) in [6.07, 6.45) is -0.826. The average Bonchev–Trinajstić information content (AvgIpc) is 3.01. The Bertz CT molecular complexity index is 987. The second-order valence-electron chi connectivity index (χ2n) is 10.2. The molecular weight excluding hydrogens is 628 g/mol. The van der Waals surface area contributed by atoms with Crippen LogP contribution in [-0.4, -0.2) is 134 Å². The molecule has 0 rings (SSSR count). The van der Waals surface area contributed by atoms with Crippen molar-refractivity contribution in [3.63, 3.8) is 0 Å². The van der Waals surface area contributed by atoms with Crippen molar-refractivity contribution in [3.05, 3.63) is 20.9 Å². The molecule has 0 aromatic carbocycles. The van der Waals surface area contributed by atoms with Crippen LogP contribution in [0.2, 0.25) is 0 Å². The van der Waals surface area contributed by atoms with Gasteiger partial charge in [-0.1, -0.05) is 10.2 Å². The van der Waals surface area contributed by atoms with E-state index in [-0.39, 0.29) is 97.8 Å². The maximum Gasteiger partial charge on any atom is 0.431 e. The van der Waals surface area contributed by atoms with E-state index in [1.165, 1.54) is 0 Å². The number of hydrogen-bond acceptors (Lipinski definition) is 13. The summed E-state index contributed by atoms with van der Waals surface area (Å²) in [4.78, 5) is 59.3. The Morgan fingerprint density at radius 3 is 1.79 bits per heavy atom. The van der Waals surface area contributed by atoms with Gasteiger partial charge in [-0.15, -0.1) is 0 Å². The fourth-order valence-electron chi connectivity index (χ4n) is 3.12. The van der Waals surface area contributed by atoms with Gasteiger partial charge in [0.25, 0.3) is 0 Å². The Labute approximate surface area is 273 Å². The average molecular weight is 677 g/mol. The van der Waals surface area contributed by atoms with Crippen molar-refractivity contribution in [1.82, 2.24) is 21.4 Å². The van der Waals surface area contributed by atoms with Crippen LogP contribution in [0, 0.1) is 0 Å². The molecule has 0 aromatic rings. The van der Waals surface area contributed by atoms with Gasteiger partial charge in [0.15, 0.2) is 0 Å². The van der Waals surface area contributed by atoms with E-state index in [0.29, 0.717) is 13.2 Å². The molecule has 0 spiro atoms. The second kappa shape index (κ2) is 29.5. The zero-order valence-electron chi connectivity index (χ0n) is 27.3. The molecule has 0 saturated heterocycles. The standard InChI is InChI=1S/C26H48N10O11/c1-26(2,3)47-25(40)34-46-19-18-45-20-23(38)33-21(24(39)30-7-11-42-15-17-44-13-9-32-36-28)4-5-22(37)29-6-10-41-14-16-43-12-8-31-35-27/h21H,4-20H2,1-3H3,(H,29,37)(H,30,39)(H,33,38)(H,34,40)/t21-/m0/s1. The molecule has 0 heterocycles. The highest BCUT2D eigenvalue weighted by Gasteiger charge is 2.22. The van der Waals surface area contributed by atoms with Gasteiger partial charge in [0, 0.05) is 42.4 Å². The van der Waals surface area contributed by atoms with Crippen LogP contribution in [0.4, 0.5) is 4.79 Å². The Hall–Kier alpha value is -3.94. The van der Waals surface area contributed by atoms with E-state index in [4.69, 9.17) is 44.3 Å². The molecule has 0 bridgehead atoms. The number of carbonyl (C=O) groups excluding carboxylic acids is 4.